The number of hydrogen-bond donors (Lipinski definition) is 2. The number of pyridine rings is 1. The number of aromatic amines is 1. The first-order chi connectivity index (χ1) is 14.8. The van der Waals surface area contributed by atoms with Crippen LogP contribution >= 0.6 is 0 Å². The van der Waals surface area contributed by atoms with E-state index in [2.05, 4.69) is 39.6 Å². The van der Waals surface area contributed by atoms with Gasteiger partial charge in [-0.05, 0) is 35.4 Å². The molecule has 0 saturated heterocycles. The highest BCUT2D eigenvalue weighted by Gasteiger charge is 2.22. The molecule has 2 heterocycles. The van der Waals surface area contributed by atoms with E-state index in [1.54, 1.807) is 4.57 Å². The van der Waals surface area contributed by atoms with Gasteiger partial charge in [-0.1, -0.05) is 54.6 Å². The lowest BCUT2D eigenvalue weighted by atomic mass is 9.90. The van der Waals surface area contributed by atoms with E-state index in [0.717, 1.165) is 41.3 Å². The molecule has 0 saturated carbocycles. The predicted octanol–water partition coefficient (Wildman–Crippen LogP) is 4.53. The Balaban J connectivity index is 1.40. The van der Waals surface area contributed by atoms with Crippen molar-refractivity contribution in [3.05, 3.63) is 118 Å². The van der Waals surface area contributed by atoms with E-state index in [0.29, 0.717) is 0 Å². The monoisotopic (exact) mass is 394 g/mol. The molecule has 5 heteroatoms. The Labute approximate surface area is 174 Å². The minimum atomic E-state index is -0.104. The molecule has 30 heavy (non-hydrogen) atoms. The molecule has 148 valence electrons. The largest absolute Gasteiger partial charge is 0.380 e. The van der Waals surface area contributed by atoms with Gasteiger partial charge in [0.1, 0.15) is 0 Å². The number of nitrogens with one attached hydrogen (secondary N) is 2. The first-order valence-electron chi connectivity index (χ1n) is 10.1. The number of H-pyrrole nitrogens is 1. The van der Waals surface area contributed by atoms with E-state index in [1.165, 1.54) is 5.56 Å². The summed E-state index contributed by atoms with van der Waals surface area (Å²) >= 11 is 0. The molecule has 2 aromatic carbocycles. The molecular weight excluding hydrogens is 372 g/mol. The van der Waals surface area contributed by atoms with E-state index in [1.807, 2.05) is 67.0 Å². The van der Waals surface area contributed by atoms with E-state index < -0.39 is 0 Å². The number of allylic oxidation sites excluding steroid dienone is 1. The lowest BCUT2D eigenvalue weighted by Gasteiger charge is -2.19. The summed E-state index contributed by atoms with van der Waals surface area (Å²) in [4.78, 5) is 20.0. The summed E-state index contributed by atoms with van der Waals surface area (Å²) in [7, 11) is 0. The van der Waals surface area contributed by atoms with Crippen molar-refractivity contribution in [3.63, 3.8) is 0 Å². The average molecular weight is 394 g/mol. The zero-order valence-corrected chi connectivity index (χ0v) is 16.5. The molecule has 0 aliphatic heterocycles. The number of fused-ring (bicyclic) bond motifs is 1. The number of imidazole rings is 1. The number of para-hydroxylation sites is 1. The SMILES string of the molecule is O=c1[nH]c2c(n1-c1ccccc1)CC(c1cncc(NCc3ccccc3)c1)C=C2. The summed E-state index contributed by atoms with van der Waals surface area (Å²) in [6.07, 6.45) is 8.65. The van der Waals surface area contributed by atoms with Gasteiger partial charge in [0.2, 0.25) is 0 Å². The molecule has 1 atom stereocenters. The summed E-state index contributed by atoms with van der Waals surface area (Å²) in [6, 6.07) is 22.2. The Morgan fingerprint density at radius 3 is 2.60 bits per heavy atom. The minimum absolute atomic E-state index is 0.104. The molecule has 2 aromatic heterocycles. The lowest BCUT2D eigenvalue weighted by Crippen LogP contribution is -2.18. The highest BCUT2D eigenvalue weighted by Crippen LogP contribution is 2.30. The first-order valence-corrected chi connectivity index (χ1v) is 10.1. The number of benzene rings is 2. The van der Waals surface area contributed by atoms with Crippen LogP contribution in [0.25, 0.3) is 11.8 Å². The van der Waals surface area contributed by atoms with Crippen LogP contribution in [0.5, 0.6) is 0 Å². The van der Waals surface area contributed by atoms with Gasteiger partial charge in [0.15, 0.2) is 0 Å². The van der Waals surface area contributed by atoms with Gasteiger partial charge in [-0.2, -0.15) is 0 Å². The summed E-state index contributed by atoms with van der Waals surface area (Å²) < 4.78 is 1.77. The normalized spacial score (nSPS) is 15.0. The predicted molar refractivity (Wildman–Crippen MR) is 120 cm³/mol. The van der Waals surface area contributed by atoms with Gasteiger partial charge in [0.25, 0.3) is 0 Å². The van der Waals surface area contributed by atoms with Crippen LogP contribution in [0.4, 0.5) is 5.69 Å². The molecule has 0 bridgehead atoms. The van der Waals surface area contributed by atoms with Crippen LogP contribution < -0.4 is 11.0 Å². The zero-order valence-electron chi connectivity index (χ0n) is 16.5. The molecule has 5 nitrogen and oxygen atoms in total. The topological polar surface area (TPSA) is 62.7 Å². The smallest absolute Gasteiger partial charge is 0.330 e. The number of hydrogen-bond acceptors (Lipinski definition) is 3. The molecule has 0 radical (unpaired) electrons. The number of nitrogens with zero attached hydrogens (tertiary/aromatic N) is 2. The van der Waals surface area contributed by atoms with Crippen molar-refractivity contribution in [2.45, 2.75) is 18.9 Å². The molecule has 5 rings (SSSR count). The van der Waals surface area contributed by atoms with Crippen LogP contribution in [0.1, 0.15) is 28.4 Å². The quantitative estimate of drug-likeness (QED) is 0.523. The molecule has 1 aliphatic rings. The van der Waals surface area contributed by atoms with Crippen molar-refractivity contribution in [3.8, 4) is 5.69 Å². The van der Waals surface area contributed by atoms with Gasteiger partial charge < -0.3 is 10.3 Å². The van der Waals surface area contributed by atoms with E-state index >= 15 is 0 Å². The van der Waals surface area contributed by atoms with Gasteiger partial charge in [0.05, 0.1) is 22.8 Å². The maximum absolute atomic E-state index is 12.6. The summed E-state index contributed by atoms with van der Waals surface area (Å²) in [5.74, 6) is 0.161. The first kappa shape index (κ1) is 18.2. The zero-order chi connectivity index (χ0) is 20.3. The molecular formula is C25H22N4O. The van der Waals surface area contributed by atoms with Crippen molar-refractivity contribution in [2.75, 3.05) is 5.32 Å². The lowest BCUT2D eigenvalue weighted by molar-refractivity contribution is 0.767. The summed E-state index contributed by atoms with van der Waals surface area (Å²) in [6.45, 7) is 0.752. The van der Waals surface area contributed by atoms with Crippen LogP contribution in [-0.2, 0) is 13.0 Å². The summed E-state index contributed by atoms with van der Waals surface area (Å²) in [5, 5.41) is 3.45. The highest BCUT2D eigenvalue weighted by atomic mass is 16.1. The standard InChI is InChI=1S/C25H22N4O/c30-25-28-23-12-11-19(14-24(23)29(25)22-9-5-2-6-10-22)20-13-21(17-26-16-20)27-15-18-7-3-1-4-8-18/h1-13,16-17,19,27H,14-15H2,(H,28,30). The van der Waals surface area contributed by atoms with Crippen molar-refractivity contribution < 1.29 is 0 Å². The second kappa shape index (κ2) is 7.87. The maximum atomic E-state index is 12.6. The average Bonchev–Trinajstić information content (AvgIpc) is 3.14. The van der Waals surface area contributed by atoms with Gasteiger partial charge in [-0.25, -0.2) is 4.79 Å². The van der Waals surface area contributed by atoms with E-state index in [4.69, 9.17) is 0 Å². The third-order valence-electron chi connectivity index (χ3n) is 5.48. The molecule has 0 amide bonds. The van der Waals surface area contributed by atoms with Crippen LogP contribution in [0, 0.1) is 0 Å². The van der Waals surface area contributed by atoms with Gasteiger partial charge in [-0.3, -0.25) is 9.55 Å². The fourth-order valence-corrected chi connectivity index (χ4v) is 3.95. The molecule has 4 aromatic rings. The number of anilines is 1. The maximum Gasteiger partial charge on any atom is 0.330 e. The Bertz CT molecular complexity index is 1240. The van der Waals surface area contributed by atoms with Gasteiger partial charge in [0, 0.05) is 31.3 Å². The Morgan fingerprint density at radius 2 is 1.80 bits per heavy atom. The Hall–Kier alpha value is -3.86. The van der Waals surface area contributed by atoms with Crippen molar-refractivity contribution in [1.29, 1.82) is 0 Å². The fourth-order valence-electron chi connectivity index (χ4n) is 3.95. The Morgan fingerprint density at radius 1 is 1.03 bits per heavy atom. The molecule has 2 N–H and O–H groups in total. The minimum Gasteiger partial charge on any atom is -0.380 e. The Kier molecular flexibility index (Phi) is 4.77. The van der Waals surface area contributed by atoms with E-state index in [-0.39, 0.29) is 11.6 Å². The molecule has 0 fully saturated rings. The third-order valence-corrected chi connectivity index (χ3v) is 5.48. The van der Waals surface area contributed by atoms with Gasteiger partial charge >= 0.3 is 5.69 Å². The van der Waals surface area contributed by atoms with Crippen molar-refractivity contribution in [1.82, 2.24) is 14.5 Å². The number of rotatable bonds is 5. The second-order valence-electron chi connectivity index (χ2n) is 7.48. The summed E-state index contributed by atoms with van der Waals surface area (Å²) in [5.41, 5.74) is 6.00. The van der Waals surface area contributed by atoms with Crippen molar-refractivity contribution in [2.24, 2.45) is 0 Å². The molecule has 1 aliphatic carbocycles. The third kappa shape index (κ3) is 3.57. The van der Waals surface area contributed by atoms with Crippen molar-refractivity contribution >= 4 is 11.8 Å². The molecule has 1 unspecified atom stereocenters. The van der Waals surface area contributed by atoms with Gasteiger partial charge in [-0.15, -0.1) is 0 Å². The number of aromatic nitrogens is 3. The second-order valence-corrected chi connectivity index (χ2v) is 7.48. The van der Waals surface area contributed by atoms with Crippen LogP contribution in [0.2, 0.25) is 0 Å². The van der Waals surface area contributed by atoms with Crippen LogP contribution in [0.15, 0.2) is 90.0 Å². The van der Waals surface area contributed by atoms with E-state index in [9.17, 15) is 4.79 Å². The van der Waals surface area contributed by atoms with Crippen LogP contribution in [0.3, 0.4) is 0 Å². The molecule has 0 spiro atoms. The highest BCUT2D eigenvalue weighted by molar-refractivity contribution is 5.56. The fraction of sp³-hybridized carbons (Fsp3) is 0.120. The van der Waals surface area contributed by atoms with Crippen LogP contribution in [-0.4, -0.2) is 14.5 Å².